The zero-order chi connectivity index (χ0) is 27.2. The molecule has 2 N–H and O–H groups in total. The lowest BCUT2D eigenvalue weighted by molar-refractivity contribution is -0.149. The molecule has 2 saturated heterocycles. The average molecular weight is 543 g/mol. The minimum absolute atomic E-state index is 0.0366. The largest absolute Gasteiger partial charge is 0.465 e. The van der Waals surface area contributed by atoms with E-state index >= 15 is 0 Å². The van der Waals surface area contributed by atoms with Gasteiger partial charge in [0.2, 0.25) is 5.91 Å². The highest BCUT2D eigenvalue weighted by atomic mass is 35.5. The number of esters is 1. The minimum atomic E-state index is -0.889. The number of hydrogen-bond donors (Lipinski definition) is 2. The van der Waals surface area contributed by atoms with E-state index in [-0.39, 0.29) is 38.0 Å². The Morgan fingerprint density at radius 2 is 1.71 bits per heavy atom. The van der Waals surface area contributed by atoms with Gasteiger partial charge in [0.25, 0.3) is 5.91 Å². The van der Waals surface area contributed by atoms with E-state index < -0.39 is 29.9 Å². The second-order valence-electron chi connectivity index (χ2n) is 9.70. The maximum Gasteiger partial charge on any atom is 0.322 e. The summed E-state index contributed by atoms with van der Waals surface area (Å²) in [5.74, 6) is -1.45. The number of anilines is 3. The van der Waals surface area contributed by atoms with Gasteiger partial charge < -0.3 is 29.9 Å². The number of benzene rings is 2. The number of hydrogen-bond acceptors (Lipinski definition) is 6. The lowest BCUT2D eigenvalue weighted by atomic mass is 10.1. The van der Waals surface area contributed by atoms with Gasteiger partial charge in [-0.1, -0.05) is 25.4 Å². The molecule has 4 rings (SSSR count). The van der Waals surface area contributed by atoms with Gasteiger partial charge in [0, 0.05) is 35.2 Å². The van der Waals surface area contributed by atoms with Gasteiger partial charge in [0.15, 0.2) is 0 Å². The maximum absolute atomic E-state index is 13.3. The number of nitrogens with one attached hydrogen (secondary N) is 2. The first-order valence-electron chi connectivity index (χ1n) is 12.5. The van der Waals surface area contributed by atoms with Crippen LogP contribution in [0.3, 0.4) is 0 Å². The SMILES string of the molecule is CC(C)COC(=O)[C@@H]1C[C@H](C(=O)Nc2ccc(N3CCOCC3=O)cc2)N(C(=O)Nc2ccc(Cl)cc2)C1. The molecule has 2 aliphatic heterocycles. The summed E-state index contributed by atoms with van der Waals surface area (Å²) < 4.78 is 10.6. The molecule has 2 fully saturated rings. The molecule has 0 spiro atoms. The van der Waals surface area contributed by atoms with Crippen molar-refractivity contribution in [1.82, 2.24) is 4.90 Å². The molecular formula is C27H31ClN4O6. The van der Waals surface area contributed by atoms with Crippen LogP contribution in [-0.2, 0) is 23.9 Å². The Balaban J connectivity index is 1.46. The summed E-state index contributed by atoms with van der Waals surface area (Å²) in [4.78, 5) is 54.2. The lowest BCUT2D eigenvalue weighted by Gasteiger charge is -2.27. The minimum Gasteiger partial charge on any atom is -0.465 e. The molecule has 0 unspecified atom stereocenters. The first kappa shape index (κ1) is 27.4. The summed E-state index contributed by atoms with van der Waals surface area (Å²) in [6.07, 6.45) is 0.136. The van der Waals surface area contributed by atoms with E-state index in [4.69, 9.17) is 21.1 Å². The predicted molar refractivity (Wildman–Crippen MR) is 143 cm³/mol. The van der Waals surface area contributed by atoms with Crippen LogP contribution in [-0.4, -0.2) is 67.7 Å². The first-order valence-corrected chi connectivity index (χ1v) is 12.9. The topological polar surface area (TPSA) is 117 Å². The van der Waals surface area contributed by atoms with Crippen molar-refractivity contribution in [3.8, 4) is 0 Å². The Bertz CT molecular complexity index is 1170. The van der Waals surface area contributed by atoms with Crippen molar-refractivity contribution in [3.63, 3.8) is 0 Å². The molecule has 2 aliphatic rings. The monoisotopic (exact) mass is 542 g/mol. The zero-order valence-corrected chi connectivity index (χ0v) is 22.1. The number of amides is 4. The summed E-state index contributed by atoms with van der Waals surface area (Å²) in [5.41, 5.74) is 1.72. The van der Waals surface area contributed by atoms with Gasteiger partial charge >= 0.3 is 12.0 Å². The molecule has 202 valence electrons. The van der Waals surface area contributed by atoms with E-state index in [1.807, 2.05) is 13.8 Å². The second-order valence-corrected chi connectivity index (χ2v) is 10.1. The quantitative estimate of drug-likeness (QED) is 0.514. The molecule has 0 aromatic heterocycles. The average Bonchev–Trinajstić information content (AvgIpc) is 3.36. The predicted octanol–water partition coefficient (Wildman–Crippen LogP) is 3.76. The van der Waals surface area contributed by atoms with Crippen LogP contribution in [0.1, 0.15) is 20.3 Å². The number of nitrogens with zero attached hydrogens (tertiary/aromatic N) is 2. The Labute approximate surface area is 226 Å². The van der Waals surface area contributed by atoms with Crippen molar-refractivity contribution >= 4 is 52.5 Å². The fourth-order valence-electron chi connectivity index (χ4n) is 4.32. The van der Waals surface area contributed by atoms with Crippen LogP contribution in [0, 0.1) is 11.8 Å². The van der Waals surface area contributed by atoms with Crippen LogP contribution >= 0.6 is 11.6 Å². The highest BCUT2D eigenvalue weighted by Gasteiger charge is 2.43. The third kappa shape index (κ3) is 6.81. The molecule has 0 saturated carbocycles. The molecule has 38 heavy (non-hydrogen) atoms. The summed E-state index contributed by atoms with van der Waals surface area (Å²) in [6.45, 7) is 5.14. The number of likely N-dealkylation sites (tertiary alicyclic amines) is 1. The van der Waals surface area contributed by atoms with Crippen molar-refractivity contribution in [1.29, 1.82) is 0 Å². The number of ether oxygens (including phenoxy) is 2. The van der Waals surface area contributed by atoms with Gasteiger partial charge in [0.1, 0.15) is 12.6 Å². The third-order valence-corrected chi connectivity index (χ3v) is 6.54. The highest BCUT2D eigenvalue weighted by Crippen LogP contribution is 2.28. The first-order chi connectivity index (χ1) is 18.2. The number of rotatable bonds is 7. The van der Waals surface area contributed by atoms with Gasteiger partial charge in [-0.2, -0.15) is 0 Å². The Morgan fingerprint density at radius 3 is 2.37 bits per heavy atom. The van der Waals surface area contributed by atoms with E-state index in [2.05, 4.69) is 10.6 Å². The van der Waals surface area contributed by atoms with E-state index in [1.54, 1.807) is 53.4 Å². The number of carbonyl (C=O) groups excluding carboxylic acids is 4. The molecule has 4 amide bonds. The standard InChI is InChI=1S/C27H31ClN4O6/c1-17(2)15-38-26(35)18-13-23(32(14-18)27(36)30-21-5-3-19(28)4-6-21)25(34)29-20-7-9-22(10-8-20)31-11-12-37-16-24(31)33/h3-10,17-18,23H,11-16H2,1-2H3,(H,29,34)(H,30,36)/t18-,23-/m1/s1. The van der Waals surface area contributed by atoms with Crippen LogP contribution in [0.25, 0.3) is 0 Å². The van der Waals surface area contributed by atoms with Crippen molar-refractivity contribution in [3.05, 3.63) is 53.6 Å². The molecule has 2 aromatic carbocycles. The molecule has 0 bridgehead atoms. The smallest absolute Gasteiger partial charge is 0.322 e. The van der Waals surface area contributed by atoms with Crippen molar-refractivity contribution in [2.75, 3.05) is 48.4 Å². The molecular weight excluding hydrogens is 512 g/mol. The van der Waals surface area contributed by atoms with Gasteiger partial charge in [-0.05, 0) is 60.9 Å². The normalized spacial score (nSPS) is 19.4. The molecule has 11 heteroatoms. The molecule has 10 nitrogen and oxygen atoms in total. The third-order valence-electron chi connectivity index (χ3n) is 6.28. The highest BCUT2D eigenvalue weighted by molar-refractivity contribution is 6.30. The number of carbonyl (C=O) groups is 4. The number of morpholine rings is 1. The van der Waals surface area contributed by atoms with Gasteiger partial charge in [-0.15, -0.1) is 0 Å². The van der Waals surface area contributed by atoms with E-state index in [1.165, 1.54) is 4.90 Å². The number of urea groups is 1. The molecule has 2 aromatic rings. The molecule has 2 heterocycles. The van der Waals surface area contributed by atoms with E-state index in [0.717, 1.165) is 0 Å². The van der Waals surface area contributed by atoms with Gasteiger partial charge in [0.05, 0.1) is 19.1 Å². The Hall–Kier alpha value is -3.63. The fraction of sp³-hybridized carbons (Fsp3) is 0.407. The molecule has 0 radical (unpaired) electrons. The van der Waals surface area contributed by atoms with Crippen LogP contribution in [0.4, 0.5) is 21.9 Å². The fourth-order valence-corrected chi connectivity index (χ4v) is 4.44. The van der Waals surface area contributed by atoms with Crippen LogP contribution < -0.4 is 15.5 Å². The van der Waals surface area contributed by atoms with E-state index in [0.29, 0.717) is 35.2 Å². The van der Waals surface area contributed by atoms with Gasteiger partial charge in [-0.25, -0.2) is 4.79 Å². The van der Waals surface area contributed by atoms with E-state index in [9.17, 15) is 19.2 Å². The van der Waals surface area contributed by atoms with Crippen LogP contribution in [0.2, 0.25) is 5.02 Å². The van der Waals surface area contributed by atoms with Crippen LogP contribution in [0.5, 0.6) is 0 Å². The Morgan fingerprint density at radius 1 is 1.05 bits per heavy atom. The second kappa shape index (κ2) is 12.3. The van der Waals surface area contributed by atoms with Crippen molar-refractivity contribution < 1.29 is 28.7 Å². The summed E-state index contributed by atoms with van der Waals surface area (Å²) in [7, 11) is 0. The number of halogens is 1. The Kier molecular flexibility index (Phi) is 8.85. The maximum atomic E-state index is 13.3. The molecule has 0 aliphatic carbocycles. The van der Waals surface area contributed by atoms with Crippen molar-refractivity contribution in [2.24, 2.45) is 11.8 Å². The zero-order valence-electron chi connectivity index (χ0n) is 21.3. The lowest BCUT2D eigenvalue weighted by Crippen LogP contribution is -2.45. The van der Waals surface area contributed by atoms with Gasteiger partial charge in [-0.3, -0.25) is 14.4 Å². The molecule has 2 atom stereocenters. The summed E-state index contributed by atoms with van der Waals surface area (Å²) in [6, 6.07) is 12.1. The van der Waals surface area contributed by atoms with Crippen LogP contribution in [0.15, 0.2) is 48.5 Å². The summed E-state index contributed by atoms with van der Waals surface area (Å²) in [5, 5.41) is 6.13. The van der Waals surface area contributed by atoms with Crippen molar-refractivity contribution in [2.45, 2.75) is 26.3 Å². The summed E-state index contributed by atoms with van der Waals surface area (Å²) >= 11 is 5.93.